The van der Waals surface area contributed by atoms with E-state index in [1.54, 1.807) is 0 Å². The molecule has 0 aromatic carbocycles. The molecular formula is C14H24ClN5. The lowest BCUT2D eigenvalue weighted by molar-refractivity contribution is 0.201. The first kappa shape index (κ1) is 15.3. The molecule has 0 amide bonds. The number of nitrogens with one attached hydrogen (secondary N) is 1. The van der Waals surface area contributed by atoms with E-state index in [-0.39, 0.29) is 5.95 Å². The van der Waals surface area contributed by atoms with E-state index in [1.807, 2.05) is 6.92 Å². The Bertz CT molecular complexity index is 457. The lowest BCUT2D eigenvalue weighted by Crippen LogP contribution is -2.42. The first-order valence-electron chi connectivity index (χ1n) is 7.26. The van der Waals surface area contributed by atoms with Crippen molar-refractivity contribution in [3.05, 3.63) is 10.7 Å². The molecule has 0 saturated carbocycles. The molecule has 0 bridgehead atoms. The highest BCUT2D eigenvalue weighted by Gasteiger charge is 2.24. The number of hydrogen-bond acceptors (Lipinski definition) is 5. The van der Waals surface area contributed by atoms with Gasteiger partial charge in [0.25, 0.3) is 0 Å². The van der Waals surface area contributed by atoms with Crippen LogP contribution in [-0.2, 0) is 0 Å². The van der Waals surface area contributed by atoms with Crippen LogP contribution in [0.15, 0.2) is 0 Å². The van der Waals surface area contributed by atoms with Crippen molar-refractivity contribution in [3.8, 4) is 0 Å². The van der Waals surface area contributed by atoms with Crippen LogP contribution in [0.1, 0.15) is 32.4 Å². The van der Waals surface area contributed by atoms with E-state index in [0.29, 0.717) is 28.5 Å². The van der Waals surface area contributed by atoms with Crippen molar-refractivity contribution in [3.63, 3.8) is 0 Å². The number of rotatable bonds is 5. The fraction of sp³-hybridized carbons (Fsp3) is 0.714. The summed E-state index contributed by atoms with van der Waals surface area (Å²) in [6.45, 7) is 9.54. The normalized spacial score (nSPS) is 17.6. The molecule has 3 N–H and O–H groups in total. The standard InChI is InChI=1S/C14H24ClN5/c1-9(2)11(20-6-4-5-7-20)8-17-13-12(15)10(3)18-14(16)19-13/h9,11H,4-8H2,1-3H3,(H3,16,17,18,19). The fourth-order valence-corrected chi connectivity index (χ4v) is 2.91. The first-order chi connectivity index (χ1) is 9.49. The number of nitrogens with two attached hydrogens (primary N) is 1. The highest BCUT2D eigenvalue weighted by Crippen LogP contribution is 2.24. The van der Waals surface area contributed by atoms with Crippen molar-refractivity contribution in [2.75, 3.05) is 30.7 Å². The van der Waals surface area contributed by atoms with Gasteiger partial charge in [-0.15, -0.1) is 0 Å². The summed E-state index contributed by atoms with van der Waals surface area (Å²) in [6, 6.07) is 0.491. The molecule has 1 aliphatic rings. The lowest BCUT2D eigenvalue weighted by atomic mass is 10.0. The van der Waals surface area contributed by atoms with Gasteiger partial charge in [0.05, 0.1) is 5.69 Å². The second-order valence-corrected chi connectivity index (χ2v) is 6.14. The fourth-order valence-electron chi connectivity index (χ4n) is 2.76. The molecule has 1 aliphatic heterocycles. The van der Waals surface area contributed by atoms with Crippen LogP contribution >= 0.6 is 11.6 Å². The number of hydrogen-bond donors (Lipinski definition) is 2. The van der Waals surface area contributed by atoms with Crippen LogP contribution in [-0.4, -0.2) is 40.5 Å². The van der Waals surface area contributed by atoms with Gasteiger partial charge in [0.15, 0.2) is 5.82 Å². The summed E-state index contributed by atoms with van der Waals surface area (Å²) in [7, 11) is 0. The minimum absolute atomic E-state index is 0.261. The average Bonchev–Trinajstić information content (AvgIpc) is 2.88. The minimum Gasteiger partial charge on any atom is -0.368 e. The van der Waals surface area contributed by atoms with Crippen LogP contribution in [0.25, 0.3) is 0 Å². The smallest absolute Gasteiger partial charge is 0.222 e. The van der Waals surface area contributed by atoms with Crippen molar-refractivity contribution >= 4 is 23.4 Å². The maximum Gasteiger partial charge on any atom is 0.222 e. The van der Waals surface area contributed by atoms with Gasteiger partial charge in [-0.25, -0.2) is 4.98 Å². The van der Waals surface area contributed by atoms with Crippen LogP contribution in [0.2, 0.25) is 5.02 Å². The van der Waals surface area contributed by atoms with Gasteiger partial charge in [-0.3, -0.25) is 4.90 Å². The molecule has 20 heavy (non-hydrogen) atoms. The third kappa shape index (κ3) is 3.52. The third-order valence-electron chi connectivity index (χ3n) is 3.89. The summed E-state index contributed by atoms with van der Waals surface area (Å²) < 4.78 is 0. The van der Waals surface area contributed by atoms with Crippen molar-refractivity contribution in [2.24, 2.45) is 5.92 Å². The first-order valence-corrected chi connectivity index (χ1v) is 7.64. The van der Waals surface area contributed by atoms with Crippen molar-refractivity contribution in [1.82, 2.24) is 14.9 Å². The molecule has 1 aromatic heterocycles. The number of likely N-dealkylation sites (tertiary alicyclic amines) is 1. The molecule has 0 aliphatic carbocycles. The molecular weight excluding hydrogens is 274 g/mol. The quantitative estimate of drug-likeness (QED) is 0.874. The number of nitrogen functional groups attached to an aromatic ring is 1. The van der Waals surface area contributed by atoms with Crippen LogP contribution in [0, 0.1) is 12.8 Å². The van der Waals surface area contributed by atoms with Gasteiger partial charge in [0.2, 0.25) is 5.95 Å². The van der Waals surface area contributed by atoms with Gasteiger partial charge in [-0.05, 0) is 38.8 Å². The van der Waals surface area contributed by atoms with Gasteiger partial charge >= 0.3 is 0 Å². The van der Waals surface area contributed by atoms with Crippen LogP contribution in [0.3, 0.4) is 0 Å². The molecule has 6 heteroatoms. The maximum absolute atomic E-state index is 6.23. The average molecular weight is 298 g/mol. The van der Waals surface area contributed by atoms with Crippen molar-refractivity contribution in [2.45, 2.75) is 39.7 Å². The highest BCUT2D eigenvalue weighted by molar-refractivity contribution is 6.33. The summed E-state index contributed by atoms with van der Waals surface area (Å²) in [5, 5.41) is 3.91. The number of nitrogens with zero attached hydrogens (tertiary/aromatic N) is 3. The van der Waals surface area contributed by atoms with Gasteiger partial charge < -0.3 is 11.1 Å². The topological polar surface area (TPSA) is 67.1 Å². The molecule has 5 nitrogen and oxygen atoms in total. The minimum atomic E-state index is 0.261. The molecule has 1 saturated heterocycles. The molecule has 0 radical (unpaired) electrons. The van der Waals surface area contributed by atoms with E-state index in [9.17, 15) is 0 Å². The van der Waals surface area contributed by atoms with Gasteiger partial charge in [0, 0.05) is 12.6 Å². The Balaban J connectivity index is 2.05. The van der Waals surface area contributed by atoms with Crippen molar-refractivity contribution < 1.29 is 0 Å². The molecule has 2 rings (SSSR count). The van der Waals surface area contributed by atoms with Crippen LogP contribution < -0.4 is 11.1 Å². The van der Waals surface area contributed by atoms with E-state index in [2.05, 4.69) is 34.0 Å². The van der Waals surface area contributed by atoms with Crippen molar-refractivity contribution in [1.29, 1.82) is 0 Å². The van der Waals surface area contributed by atoms with E-state index in [4.69, 9.17) is 17.3 Å². The Morgan fingerprint density at radius 3 is 2.55 bits per heavy atom. The molecule has 112 valence electrons. The summed E-state index contributed by atoms with van der Waals surface area (Å²) in [4.78, 5) is 10.8. The number of halogens is 1. The largest absolute Gasteiger partial charge is 0.368 e. The Morgan fingerprint density at radius 2 is 1.95 bits per heavy atom. The zero-order valence-corrected chi connectivity index (χ0v) is 13.2. The van der Waals surface area contributed by atoms with Gasteiger partial charge in [-0.1, -0.05) is 25.4 Å². The monoisotopic (exact) mass is 297 g/mol. The molecule has 2 heterocycles. The predicted octanol–water partition coefficient (Wildman–Crippen LogP) is 2.55. The maximum atomic E-state index is 6.23. The number of anilines is 2. The summed E-state index contributed by atoms with van der Waals surface area (Å²) in [5.74, 6) is 1.48. The van der Waals surface area contributed by atoms with Crippen LogP contribution in [0.5, 0.6) is 0 Å². The van der Waals surface area contributed by atoms with E-state index < -0.39 is 0 Å². The molecule has 1 aromatic rings. The molecule has 0 spiro atoms. The Hall–Kier alpha value is -1.07. The van der Waals surface area contributed by atoms with E-state index in [1.165, 1.54) is 25.9 Å². The SMILES string of the molecule is Cc1nc(N)nc(NCC(C(C)C)N2CCCC2)c1Cl. The predicted molar refractivity (Wildman–Crippen MR) is 84.1 cm³/mol. The highest BCUT2D eigenvalue weighted by atomic mass is 35.5. The van der Waals surface area contributed by atoms with E-state index >= 15 is 0 Å². The van der Waals surface area contributed by atoms with E-state index in [0.717, 1.165) is 6.54 Å². The Kier molecular flexibility index (Phi) is 5.05. The zero-order chi connectivity index (χ0) is 14.7. The Morgan fingerprint density at radius 1 is 1.30 bits per heavy atom. The molecule has 1 atom stereocenters. The van der Waals surface area contributed by atoms with Crippen LogP contribution in [0.4, 0.5) is 11.8 Å². The summed E-state index contributed by atoms with van der Waals surface area (Å²) >= 11 is 6.23. The number of aromatic nitrogens is 2. The second kappa shape index (κ2) is 6.59. The molecule has 1 fully saturated rings. The van der Waals surface area contributed by atoms with Gasteiger partial charge in [-0.2, -0.15) is 4.98 Å². The van der Waals surface area contributed by atoms with Gasteiger partial charge in [0.1, 0.15) is 5.02 Å². The Labute approximate surface area is 125 Å². The third-order valence-corrected chi connectivity index (χ3v) is 4.34. The second-order valence-electron chi connectivity index (χ2n) is 5.77. The summed E-state index contributed by atoms with van der Waals surface area (Å²) in [6.07, 6.45) is 2.59. The molecule has 1 unspecified atom stereocenters. The zero-order valence-electron chi connectivity index (χ0n) is 12.5. The lowest BCUT2D eigenvalue weighted by Gasteiger charge is -2.31. The summed E-state index contributed by atoms with van der Waals surface area (Å²) in [5.41, 5.74) is 6.40. The number of aryl methyl sites for hydroxylation is 1.